The van der Waals surface area contributed by atoms with Crippen molar-refractivity contribution in [3.63, 3.8) is 0 Å². The molecule has 2 aromatic heterocycles. The van der Waals surface area contributed by atoms with Gasteiger partial charge in [0.05, 0.1) is 36.0 Å². The summed E-state index contributed by atoms with van der Waals surface area (Å²) >= 11 is 12.2. The largest absolute Gasteiger partial charge is 0.481 e. The summed E-state index contributed by atoms with van der Waals surface area (Å²) in [6.45, 7) is 1.72. The third-order valence-electron chi connectivity index (χ3n) is 3.42. The monoisotopic (exact) mass is 419 g/mol. The highest BCUT2D eigenvalue weighted by Crippen LogP contribution is 2.34. The van der Waals surface area contributed by atoms with Crippen LogP contribution in [0.4, 0.5) is 5.69 Å². The Hall–Kier alpha value is -2.30. The number of fused-ring (bicyclic) bond motifs is 1. The van der Waals surface area contributed by atoms with E-state index < -0.39 is 15.2 Å². The minimum Gasteiger partial charge on any atom is -0.481 e. The Kier molecular flexibility index (Phi) is 4.82. The van der Waals surface area contributed by atoms with E-state index in [1.54, 1.807) is 13.0 Å². The molecule has 3 aromatic rings. The van der Waals surface area contributed by atoms with Crippen LogP contribution in [0.5, 0.6) is 11.8 Å². The molecule has 12 heteroatoms. The number of anilines is 1. The zero-order valence-corrected chi connectivity index (χ0v) is 16.1. The molecule has 0 aliphatic rings. The molecule has 0 saturated carbocycles. The van der Waals surface area contributed by atoms with Gasteiger partial charge in [0.25, 0.3) is 21.0 Å². The molecule has 0 bridgehead atoms. The van der Waals surface area contributed by atoms with E-state index in [9.17, 15) is 8.42 Å². The maximum Gasteiger partial charge on any atom is 0.299 e. The lowest BCUT2D eigenvalue weighted by molar-refractivity contribution is 0.364. The Bertz CT molecular complexity index is 1100. The molecule has 1 aromatic carbocycles. The Morgan fingerprint density at radius 1 is 1.23 bits per heavy atom. The number of nitrogens with one attached hydrogen (secondary N) is 1. The van der Waals surface area contributed by atoms with Crippen molar-refractivity contribution >= 4 is 44.7 Å². The number of halogens is 2. The van der Waals surface area contributed by atoms with Crippen molar-refractivity contribution in [2.45, 2.75) is 12.1 Å². The van der Waals surface area contributed by atoms with Crippen LogP contribution in [-0.2, 0) is 10.0 Å². The Labute approximate surface area is 158 Å². The van der Waals surface area contributed by atoms with Gasteiger partial charge in [-0.1, -0.05) is 29.3 Å². The van der Waals surface area contributed by atoms with Gasteiger partial charge in [-0.2, -0.15) is 22.9 Å². The van der Waals surface area contributed by atoms with Gasteiger partial charge in [-0.05, 0) is 18.6 Å². The van der Waals surface area contributed by atoms with Crippen molar-refractivity contribution < 1.29 is 17.9 Å². The SMILES string of the molecule is COc1cc(OC)n2n[14c](S(=O)(=O)Nc3c(Cl)ccc(C)c3Cl)nc2n1. The summed E-state index contributed by atoms with van der Waals surface area (Å²) in [5.74, 6) is 0.388. The summed E-state index contributed by atoms with van der Waals surface area (Å²) < 4.78 is 39.0. The van der Waals surface area contributed by atoms with E-state index in [-0.39, 0.29) is 33.3 Å². The fourth-order valence-electron chi connectivity index (χ4n) is 2.10. The highest BCUT2D eigenvalue weighted by atomic mass is 35.5. The standard InChI is InChI=1S/C14H13Cl2N5O4S/c1-7-4-5-8(15)12(11(7)16)20-26(22,23)14-18-13-17-9(24-2)6-10(25-3)21(13)19-14/h4-6,20H,1-3H3/i14+2. The molecule has 9 nitrogen and oxygen atoms in total. The summed E-state index contributed by atoms with van der Waals surface area (Å²) in [5, 5.41) is 3.74. The van der Waals surface area contributed by atoms with Crippen molar-refractivity contribution in [2.75, 3.05) is 18.9 Å². The highest BCUT2D eigenvalue weighted by molar-refractivity contribution is 7.92. The molecule has 0 aliphatic heterocycles. The van der Waals surface area contributed by atoms with Crippen LogP contribution in [-0.4, -0.2) is 42.2 Å². The molecule has 0 saturated heterocycles. The van der Waals surface area contributed by atoms with Gasteiger partial charge in [0.15, 0.2) is 0 Å². The van der Waals surface area contributed by atoms with Gasteiger partial charge in [-0.3, -0.25) is 4.72 Å². The average Bonchev–Trinajstić information content (AvgIpc) is 3.06. The lowest BCUT2D eigenvalue weighted by Gasteiger charge is -2.10. The summed E-state index contributed by atoms with van der Waals surface area (Å²) in [4.78, 5) is 7.96. The van der Waals surface area contributed by atoms with E-state index in [0.717, 1.165) is 4.52 Å². The van der Waals surface area contributed by atoms with Gasteiger partial charge in [0.2, 0.25) is 11.8 Å². The predicted molar refractivity (Wildman–Crippen MR) is 95.9 cm³/mol. The lowest BCUT2D eigenvalue weighted by atomic mass is 10.2. The third-order valence-corrected chi connectivity index (χ3v) is 5.34. The van der Waals surface area contributed by atoms with Crippen molar-refractivity contribution in [2.24, 2.45) is 0 Å². The number of hydrogen-bond donors (Lipinski definition) is 1. The Morgan fingerprint density at radius 3 is 2.62 bits per heavy atom. The normalized spacial score (nSPS) is 11.6. The number of nitrogens with zero attached hydrogens (tertiary/aromatic N) is 4. The molecule has 0 atom stereocenters. The van der Waals surface area contributed by atoms with Crippen LogP contribution in [0.3, 0.4) is 0 Å². The van der Waals surface area contributed by atoms with Crippen LogP contribution in [0.25, 0.3) is 5.78 Å². The predicted octanol–water partition coefficient (Wildman–Crippen LogP) is 2.56. The summed E-state index contributed by atoms with van der Waals surface area (Å²) in [6.07, 6.45) is 0. The van der Waals surface area contributed by atoms with E-state index >= 15 is 0 Å². The van der Waals surface area contributed by atoms with Gasteiger partial charge >= 0.3 is 0 Å². The molecular formula is C14H13Cl2N5O4S. The number of hydrogen-bond acceptors (Lipinski definition) is 7. The smallest absolute Gasteiger partial charge is 0.299 e. The molecule has 0 fully saturated rings. The minimum absolute atomic E-state index is 0.0111. The van der Waals surface area contributed by atoms with Crippen LogP contribution >= 0.6 is 23.2 Å². The molecule has 2 heterocycles. The Morgan fingerprint density at radius 2 is 1.96 bits per heavy atom. The van der Waals surface area contributed by atoms with Crippen molar-refractivity contribution in [3.05, 3.63) is 33.8 Å². The molecular weight excluding hydrogens is 407 g/mol. The molecule has 0 radical (unpaired) electrons. The van der Waals surface area contributed by atoms with Crippen molar-refractivity contribution in [1.82, 2.24) is 19.6 Å². The fourth-order valence-corrected chi connectivity index (χ4v) is 3.64. The molecule has 0 spiro atoms. The zero-order valence-electron chi connectivity index (χ0n) is 13.8. The Balaban J connectivity index is 2.09. The molecule has 1 N–H and O–H groups in total. The molecule has 0 aliphatic carbocycles. The first-order chi connectivity index (χ1) is 12.3. The molecule has 3 rings (SSSR count). The van der Waals surface area contributed by atoms with Crippen molar-refractivity contribution in [1.29, 1.82) is 0 Å². The van der Waals surface area contributed by atoms with E-state index in [1.807, 2.05) is 0 Å². The second-order valence-corrected chi connectivity index (χ2v) is 7.47. The van der Waals surface area contributed by atoms with E-state index in [1.165, 1.54) is 26.4 Å². The number of aromatic nitrogens is 4. The summed E-state index contributed by atoms with van der Waals surface area (Å²) in [5.41, 5.74) is 0.703. The number of ether oxygens (including phenoxy) is 2. The first kappa shape index (κ1) is 18.5. The topological polar surface area (TPSA) is 108 Å². The van der Waals surface area contributed by atoms with Gasteiger partial charge in [0.1, 0.15) is 0 Å². The second-order valence-electron chi connectivity index (χ2n) is 5.11. The lowest BCUT2D eigenvalue weighted by Crippen LogP contribution is -2.15. The van der Waals surface area contributed by atoms with Gasteiger partial charge in [0, 0.05) is 0 Å². The maximum absolute atomic E-state index is 12.7. The number of sulfonamides is 1. The van der Waals surface area contributed by atoms with Gasteiger partial charge < -0.3 is 9.47 Å². The highest BCUT2D eigenvalue weighted by Gasteiger charge is 2.25. The molecule has 0 amide bonds. The molecule has 0 unspecified atom stereocenters. The first-order valence-electron chi connectivity index (χ1n) is 7.10. The number of rotatable bonds is 5. The number of benzene rings is 1. The first-order valence-corrected chi connectivity index (χ1v) is 9.34. The average molecular weight is 420 g/mol. The number of methoxy groups -OCH3 is 2. The van der Waals surface area contributed by atoms with Crippen LogP contribution in [0.1, 0.15) is 5.56 Å². The van der Waals surface area contributed by atoms with Crippen molar-refractivity contribution in [3.8, 4) is 11.8 Å². The third kappa shape index (κ3) is 3.22. The summed E-state index contributed by atoms with van der Waals surface area (Å²) in [7, 11) is -1.37. The van der Waals surface area contributed by atoms with Crippen LogP contribution < -0.4 is 14.2 Å². The quantitative estimate of drug-likeness (QED) is 0.676. The maximum atomic E-state index is 12.7. The fraction of sp³-hybridized carbons (Fsp3) is 0.214. The van der Waals surface area contributed by atoms with Crippen LogP contribution in [0.2, 0.25) is 10.0 Å². The molecule has 26 heavy (non-hydrogen) atoms. The second kappa shape index (κ2) is 6.78. The number of aryl methyl sites for hydroxylation is 1. The van der Waals surface area contributed by atoms with Crippen LogP contribution in [0.15, 0.2) is 23.4 Å². The molecule has 138 valence electrons. The van der Waals surface area contributed by atoms with E-state index in [2.05, 4.69) is 19.8 Å². The summed E-state index contributed by atoms with van der Waals surface area (Å²) in [6, 6.07) is 4.65. The van der Waals surface area contributed by atoms with Crippen LogP contribution in [0, 0.1) is 6.92 Å². The van der Waals surface area contributed by atoms with E-state index in [0.29, 0.717) is 5.56 Å². The van der Waals surface area contributed by atoms with Gasteiger partial charge in [-0.15, -0.1) is 5.10 Å². The minimum atomic E-state index is -4.18. The van der Waals surface area contributed by atoms with Gasteiger partial charge in [-0.25, -0.2) is 0 Å². The van der Waals surface area contributed by atoms with E-state index in [4.69, 9.17) is 32.7 Å². The zero-order chi connectivity index (χ0) is 19.1.